The van der Waals surface area contributed by atoms with Gasteiger partial charge in [-0.25, -0.2) is 0 Å². The topological polar surface area (TPSA) is 74.7 Å². The summed E-state index contributed by atoms with van der Waals surface area (Å²) in [4.78, 5) is 36.8. The van der Waals surface area contributed by atoms with E-state index in [0.29, 0.717) is 5.56 Å². The fraction of sp³-hybridized carbons (Fsp3) is 0.357. The smallest absolute Gasteiger partial charge is 0.320 e. The van der Waals surface area contributed by atoms with Gasteiger partial charge in [-0.2, -0.15) is 0 Å². The van der Waals surface area contributed by atoms with Crippen molar-refractivity contribution in [1.82, 2.24) is 4.90 Å². The Labute approximate surface area is 110 Å². The van der Waals surface area contributed by atoms with Crippen molar-refractivity contribution in [3.05, 3.63) is 35.4 Å². The molecule has 1 aromatic rings. The highest BCUT2D eigenvalue weighted by Gasteiger charge is 2.42. The molecule has 0 saturated carbocycles. The van der Waals surface area contributed by atoms with Crippen LogP contribution in [0.4, 0.5) is 0 Å². The molecule has 0 aliphatic carbocycles. The summed E-state index contributed by atoms with van der Waals surface area (Å²) in [5.41, 5.74) is 0.583. The van der Waals surface area contributed by atoms with E-state index in [1.807, 2.05) is 13.8 Å². The Bertz CT molecular complexity index is 550. The number of carboxylic acids is 1. The second kappa shape index (κ2) is 4.84. The van der Waals surface area contributed by atoms with Crippen LogP contribution in [0.2, 0.25) is 0 Å². The van der Waals surface area contributed by atoms with Crippen LogP contribution in [0.3, 0.4) is 0 Å². The largest absolute Gasteiger partial charge is 0.480 e. The molecule has 0 spiro atoms. The Morgan fingerprint density at radius 3 is 2.53 bits per heavy atom. The van der Waals surface area contributed by atoms with Gasteiger partial charge in [0.25, 0.3) is 5.91 Å². The van der Waals surface area contributed by atoms with Gasteiger partial charge in [0.15, 0.2) is 5.92 Å². The predicted octanol–water partition coefficient (Wildman–Crippen LogP) is 1.49. The van der Waals surface area contributed by atoms with Gasteiger partial charge in [0.05, 0.1) is 0 Å². The molecule has 0 aromatic heterocycles. The zero-order chi connectivity index (χ0) is 14.2. The number of benzene rings is 1. The number of imide groups is 1. The summed E-state index contributed by atoms with van der Waals surface area (Å²) in [5.74, 6) is -3.48. The molecule has 1 unspecified atom stereocenters. The fourth-order valence-electron chi connectivity index (χ4n) is 2.25. The zero-order valence-electron chi connectivity index (χ0n) is 10.8. The molecule has 19 heavy (non-hydrogen) atoms. The van der Waals surface area contributed by atoms with Crippen LogP contribution in [-0.4, -0.2) is 34.3 Å². The van der Waals surface area contributed by atoms with Crippen LogP contribution in [0.1, 0.15) is 35.7 Å². The van der Waals surface area contributed by atoms with Crippen molar-refractivity contribution in [3.63, 3.8) is 0 Å². The molecule has 5 heteroatoms. The van der Waals surface area contributed by atoms with Crippen molar-refractivity contribution < 1.29 is 19.5 Å². The number of amides is 2. The lowest BCUT2D eigenvalue weighted by atomic mass is 9.88. The van der Waals surface area contributed by atoms with Crippen LogP contribution in [0.15, 0.2) is 24.3 Å². The quantitative estimate of drug-likeness (QED) is 0.660. The standard InChI is InChI=1S/C14H15NO4/c1-8(2)7-15-12(16)10-6-4-3-5-9(10)11(13(15)17)14(18)19/h3-6,8,11H,7H2,1-2H3,(H,18,19). The third kappa shape index (κ3) is 2.23. The van der Waals surface area contributed by atoms with E-state index >= 15 is 0 Å². The van der Waals surface area contributed by atoms with E-state index in [4.69, 9.17) is 0 Å². The average molecular weight is 261 g/mol. The van der Waals surface area contributed by atoms with Crippen LogP contribution >= 0.6 is 0 Å². The predicted molar refractivity (Wildman–Crippen MR) is 67.7 cm³/mol. The summed E-state index contributed by atoms with van der Waals surface area (Å²) in [5, 5.41) is 9.23. The van der Waals surface area contributed by atoms with E-state index in [9.17, 15) is 19.5 Å². The molecule has 100 valence electrons. The number of rotatable bonds is 3. The maximum absolute atomic E-state index is 12.2. The van der Waals surface area contributed by atoms with E-state index in [1.54, 1.807) is 18.2 Å². The molecule has 1 aromatic carbocycles. The Morgan fingerprint density at radius 1 is 1.32 bits per heavy atom. The Hall–Kier alpha value is -2.17. The number of carbonyl (C=O) groups excluding carboxylic acids is 2. The van der Waals surface area contributed by atoms with Gasteiger partial charge in [-0.15, -0.1) is 0 Å². The second-order valence-electron chi connectivity index (χ2n) is 5.01. The van der Waals surface area contributed by atoms with Gasteiger partial charge in [0.2, 0.25) is 5.91 Å². The van der Waals surface area contributed by atoms with Crippen LogP contribution in [0.25, 0.3) is 0 Å². The summed E-state index contributed by atoms with van der Waals surface area (Å²) in [6.45, 7) is 3.98. The molecular formula is C14H15NO4. The van der Waals surface area contributed by atoms with Crippen LogP contribution < -0.4 is 0 Å². The van der Waals surface area contributed by atoms with Gasteiger partial charge in [0.1, 0.15) is 0 Å². The highest BCUT2D eigenvalue weighted by molar-refractivity contribution is 6.17. The van der Waals surface area contributed by atoms with E-state index in [-0.39, 0.29) is 18.0 Å². The Morgan fingerprint density at radius 2 is 1.95 bits per heavy atom. The molecule has 1 atom stereocenters. The highest BCUT2D eigenvalue weighted by Crippen LogP contribution is 2.30. The van der Waals surface area contributed by atoms with Crippen LogP contribution in [0, 0.1) is 5.92 Å². The molecule has 0 fully saturated rings. The molecular weight excluding hydrogens is 246 g/mol. The molecule has 0 bridgehead atoms. The summed E-state index contributed by atoms with van der Waals surface area (Å²) in [6, 6.07) is 6.39. The van der Waals surface area contributed by atoms with Crippen molar-refractivity contribution in [2.75, 3.05) is 6.54 Å². The molecule has 0 radical (unpaired) electrons. The minimum absolute atomic E-state index is 0.0904. The number of hydrogen-bond acceptors (Lipinski definition) is 3. The molecule has 1 aliphatic rings. The average Bonchev–Trinajstić information content (AvgIpc) is 2.34. The van der Waals surface area contributed by atoms with Gasteiger partial charge in [-0.05, 0) is 17.5 Å². The highest BCUT2D eigenvalue weighted by atomic mass is 16.4. The lowest BCUT2D eigenvalue weighted by molar-refractivity contribution is -0.146. The monoisotopic (exact) mass is 261 g/mol. The molecule has 1 aliphatic heterocycles. The summed E-state index contributed by atoms with van der Waals surface area (Å²) < 4.78 is 0. The first-order chi connectivity index (χ1) is 8.93. The van der Waals surface area contributed by atoms with E-state index in [2.05, 4.69) is 0 Å². The molecule has 2 amide bonds. The van der Waals surface area contributed by atoms with Crippen molar-refractivity contribution >= 4 is 17.8 Å². The maximum atomic E-state index is 12.2. The summed E-state index contributed by atoms with van der Waals surface area (Å²) in [6.07, 6.45) is 0. The van der Waals surface area contributed by atoms with Crippen LogP contribution in [-0.2, 0) is 9.59 Å². The number of nitrogens with zero attached hydrogens (tertiary/aromatic N) is 1. The van der Waals surface area contributed by atoms with Crippen molar-refractivity contribution in [1.29, 1.82) is 0 Å². The molecule has 5 nitrogen and oxygen atoms in total. The van der Waals surface area contributed by atoms with Crippen LogP contribution in [0.5, 0.6) is 0 Å². The third-order valence-corrected chi connectivity index (χ3v) is 3.06. The molecule has 0 saturated heterocycles. The minimum Gasteiger partial charge on any atom is -0.480 e. The molecule has 1 N–H and O–H groups in total. The van der Waals surface area contributed by atoms with Gasteiger partial charge in [-0.1, -0.05) is 32.0 Å². The first-order valence-electron chi connectivity index (χ1n) is 6.11. The fourth-order valence-corrected chi connectivity index (χ4v) is 2.25. The van der Waals surface area contributed by atoms with Gasteiger partial charge >= 0.3 is 5.97 Å². The number of carbonyl (C=O) groups is 3. The number of carboxylic acid groups (broad SMARTS) is 1. The lowest BCUT2D eigenvalue weighted by Crippen LogP contribution is -2.48. The van der Waals surface area contributed by atoms with Crippen molar-refractivity contribution in [2.24, 2.45) is 5.92 Å². The number of fused-ring (bicyclic) bond motifs is 1. The van der Waals surface area contributed by atoms with E-state index < -0.39 is 23.7 Å². The van der Waals surface area contributed by atoms with E-state index in [0.717, 1.165) is 4.90 Å². The van der Waals surface area contributed by atoms with Crippen molar-refractivity contribution in [2.45, 2.75) is 19.8 Å². The maximum Gasteiger partial charge on any atom is 0.320 e. The Kier molecular flexibility index (Phi) is 3.38. The SMILES string of the molecule is CC(C)CN1C(=O)c2ccccc2C(C(=O)O)C1=O. The first-order valence-corrected chi connectivity index (χ1v) is 6.11. The summed E-state index contributed by atoms with van der Waals surface area (Å²) in [7, 11) is 0. The normalized spacial score (nSPS) is 18.7. The van der Waals surface area contributed by atoms with Gasteiger partial charge in [-0.3, -0.25) is 19.3 Å². The first kappa shape index (κ1) is 13.3. The number of aliphatic carboxylic acids is 1. The summed E-state index contributed by atoms with van der Waals surface area (Å²) >= 11 is 0. The molecule has 2 rings (SSSR count). The van der Waals surface area contributed by atoms with Crippen molar-refractivity contribution in [3.8, 4) is 0 Å². The Balaban J connectivity index is 2.53. The molecule has 1 heterocycles. The van der Waals surface area contributed by atoms with Gasteiger partial charge < -0.3 is 5.11 Å². The van der Waals surface area contributed by atoms with Gasteiger partial charge in [0, 0.05) is 12.1 Å². The third-order valence-electron chi connectivity index (χ3n) is 3.06. The lowest BCUT2D eigenvalue weighted by Gasteiger charge is -2.31. The van der Waals surface area contributed by atoms with E-state index in [1.165, 1.54) is 6.07 Å². The zero-order valence-corrected chi connectivity index (χ0v) is 10.8. The second-order valence-corrected chi connectivity index (χ2v) is 5.01. The minimum atomic E-state index is -1.28. The number of hydrogen-bond donors (Lipinski definition) is 1.